The van der Waals surface area contributed by atoms with Crippen molar-refractivity contribution in [2.45, 2.75) is 6.54 Å². The number of amides is 1. The number of ether oxygens (including phenoxy) is 1. The molecule has 0 saturated carbocycles. The van der Waals surface area contributed by atoms with Crippen molar-refractivity contribution in [3.05, 3.63) is 84.7 Å². The lowest BCUT2D eigenvalue weighted by molar-refractivity contribution is 0.0942. The number of nitrogens with zero attached hydrogens (tertiary/aromatic N) is 3. The van der Waals surface area contributed by atoms with Crippen molar-refractivity contribution in [3.63, 3.8) is 0 Å². The molecule has 140 valence electrons. The third-order valence-electron chi connectivity index (χ3n) is 4.22. The summed E-state index contributed by atoms with van der Waals surface area (Å²) in [5.41, 5.74) is 2.74. The maximum Gasteiger partial charge on any atom is 0.272 e. The molecule has 1 amide bonds. The Kier molecular flexibility index (Phi) is 4.88. The highest BCUT2D eigenvalue weighted by atomic mass is 16.5. The first-order valence-electron chi connectivity index (χ1n) is 8.70. The van der Waals surface area contributed by atoms with Gasteiger partial charge in [-0.1, -0.05) is 0 Å². The van der Waals surface area contributed by atoms with E-state index in [0.717, 1.165) is 22.7 Å². The fourth-order valence-electron chi connectivity index (χ4n) is 2.80. The molecule has 1 N–H and O–H groups in total. The number of hydrogen-bond donors (Lipinski definition) is 1. The zero-order valence-electron chi connectivity index (χ0n) is 15.2. The first-order chi connectivity index (χ1) is 13.7. The van der Waals surface area contributed by atoms with Gasteiger partial charge in [0.2, 0.25) is 0 Å². The SMILES string of the molecule is COc1ccc(-n2nc(C(=O)NCc3ccco3)cc2-c2cccnc2)cc1. The van der Waals surface area contributed by atoms with E-state index in [1.165, 1.54) is 0 Å². The van der Waals surface area contributed by atoms with E-state index in [4.69, 9.17) is 9.15 Å². The second-order valence-electron chi connectivity index (χ2n) is 6.03. The quantitative estimate of drug-likeness (QED) is 0.559. The summed E-state index contributed by atoms with van der Waals surface area (Å²) in [6, 6.07) is 16.6. The highest BCUT2D eigenvalue weighted by Crippen LogP contribution is 2.24. The molecule has 4 rings (SSSR count). The monoisotopic (exact) mass is 374 g/mol. The number of hydrogen-bond acceptors (Lipinski definition) is 5. The average molecular weight is 374 g/mol. The van der Waals surface area contributed by atoms with Gasteiger partial charge in [-0.3, -0.25) is 9.78 Å². The van der Waals surface area contributed by atoms with Gasteiger partial charge < -0.3 is 14.5 Å². The van der Waals surface area contributed by atoms with Crippen LogP contribution in [0.2, 0.25) is 0 Å². The molecule has 0 fully saturated rings. The molecule has 4 aromatic rings. The molecule has 7 nitrogen and oxygen atoms in total. The Bertz CT molecular complexity index is 1060. The lowest BCUT2D eigenvalue weighted by atomic mass is 10.2. The van der Waals surface area contributed by atoms with Crippen LogP contribution < -0.4 is 10.1 Å². The molecule has 7 heteroatoms. The summed E-state index contributed by atoms with van der Waals surface area (Å²) >= 11 is 0. The van der Waals surface area contributed by atoms with Crippen LogP contribution in [0, 0.1) is 0 Å². The number of nitrogens with one attached hydrogen (secondary N) is 1. The summed E-state index contributed by atoms with van der Waals surface area (Å²) in [5.74, 6) is 1.14. The smallest absolute Gasteiger partial charge is 0.272 e. The third-order valence-corrected chi connectivity index (χ3v) is 4.22. The van der Waals surface area contributed by atoms with Crippen LogP contribution in [0.15, 0.2) is 77.7 Å². The minimum absolute atomic E-state index is 0.284. The van der Waals surface area contributed by atoms with Crippen molar-refractivity contribution in [1.29, 1.82) is 0 Å². The Morgan fingerprint density at radius 1 is 1.18 bits per heavy atom. The third kappa shape index (κ3) is 3.64. The predicted molar refractivity (Wildman–Crippen MR) is 103 cm³/mol. The fraction of sp³-hybridized carbons (Fsp3) is 0.0952. The molecule has 0 aliphatic heterocycles. The molecule has 28 heavy (non-hydrogen) atoms. The molecule has 0 unspecified atom stereocenters. The van der Waals surface area contributed by atoms with Crippen LogP contribution in [0.3, 0.4) is 0 Å². The second kappa shape index (κ2) is 7.79. The zero-order chi connectivity index (χ0) is 19.3. The van der Waals surface area contributed by atoms with Gasteiger partial charge >= 0.3 is 0 Å². The summed E-state index contributed by atoms with van der Waals surface area (Å²) in [6.45, 7) is 0.295. The molecule has 0 saturated heterocycles. The van der Waals surface area contributed by atoms with Crippen molar-refractivity contribution in [1.82, 2.24) is 20.1 Å². The predicted octanol–water partition coefficient (Wildman–Crippen LogP) is 3.47. The molecular weight excluding hydrogens is 356 g/mol. The summed E-state index contributed by atoms with van der Waals surface area (Å²) in [6.07, 6.45) is 5.01. The van der Waals surface area contributed by atoms with Crippen LogP contribution in [0.1, 0.15) is 16.2 Å². The van der Waals surface area contributed by atoms with Crippen LogP contribution >= 0.6 is 0 Å². The summed E-state index contributed by atoms with van der Waals surface area (Å²) < 4.78 is 12.2. The first kappa shape index (κ1) is 17.5. The van der Waals surface area contributed by atoms with Crippen LogP contribution in [0.25, 0.3) is 16.9 Å². The molecule has 1 aromatic carbocycles. The lowest BCUT2D eigenvalue weighted by Gasteiger charge is -2.08. The number of aromatic nitrogens is 3. The highest BCUT2D eigenvalue weighted by Gasteiger charge is 2.17. The van der Waals surface area contributed by atoms with Gasteiger partial charge in [0.05, 0.1) is 31.3 Å². The Hall–Kier alpha value is -3.87. The molecule has 0 aliphatic carbocycles. The Balaban J connectivity index is 1.68. The van der Waals surface area contributed by atoms with Crippen LogP contribution in [0.4, 0.5) is 0 Å². The molecule has 3 aromatic heterocycles. The molecule has 0 bridgehead atoms. The van der Waals surface area contributed by atoms with Crippen LogP contribution in [-0.2, 0) is 6.54 Å². The van der Waals surface area contributed by atoms with E-state index in [0.29, 0.717) is 18.0 Å². The fourth-order valence-corrected chi connectivity index (χ4v) is 2.80. The van der Waals surface area contributed by atoms with Gasteiger partial charge in [-0.2, -0.15) is 5.10 Å². The molecule has 0 spiro atoms. The van der Waals surface area contributed by atoms with Crippen LogP contribution in [0.5, 0.6) is 5.75 Å². The minimum atomic E-state index is -0.284. The minimum Gasteiger partial charge on any atom is -0.497 e. The zero-order valence-corrected chi connectivity index (χ0v) is 15.2. The highest BCUT2D eigenvalue weighted by molar-refractivity contribution is 5.93. The van der Waals surface area contributed by atoms with Crippen molar-refractivity contribution in [2.24, 2.45) is 0 Å². The maximum absolute atomic E-state index is 12.6. The molecule has 0 aliphatic rings. The van der Waals surface area contributed by atoms with Gasteiger partial charge in [0.1, 0.15) is 11.5 Å². The number of methoxy groups -OCH3 is 1. The van der Waals surface area contributed by atoms with Gasteiger partial charge in [0, 0.05) is 18.0 Å². The number of pyridine rings is 1. The van der Waals surface area contributed by atoms with E-state index < -0.39 is 0 Å². The van der Waals surface area contributed by atoms with E-state index in [-0.39, 0.29) is 5.91 Å². The number of carbonyl (C=O) groups is 1. The second-order valence-corrected chi connectivity index (χ2v) is 6.03. The Morgan fingerprint density at radius 3 is 2.71 bits per heavy atom. The van der Waals surface area contributed by atoms with Crippen LogP contribution in [-0.4, -0.2) is 27.8 Å². The van der Waals surface area contributed by atoms with Gasteiger partial charge in [-0.25, -0.2) is 4.68 Å². The Morgan fingerprint density at radius 2 is 2.04 bits per heavy atom. The van der Waals surface area contributed by atoms with E-state index >= 15 is 0 Å². The normalized spacial score (nSPS) is 10.6. The molecule has 0 radical (unpaired) electrons. The largest absolute Gasteiger partial charge is 0.497 e. The molecular formula is C21H18N4O3. The number of furan rings is 1. The van der Waals surface area contributed by atoms with Gasteiger partial charge in [0.25, 0.3) is 5.91 Å². The summed E-state index contributed by atoms with van der Waals surface area (Å²) in [4.78, 5) is 16.8. The molecule has 0 atom stereocenters. The van der Waals surface area contributed by atoms with E-state index in [9.17, 15) is 4.79 Å². The van der Waals surface area contributed by atoms with E-state index in [1.807, 2.05) is 36.4 Å². The van der Waals surface area contributed by atoms with Gasteiger partial charge in [-0.15, -0.1) is 0 Å². The summed E-state index contributed by atoms with van der Waals surface area (Å²) in [7, 11) is 1.62. The number of rotatable bonds is 6. The number of benzene rings is 1. The lowest BCUT2D eigenvalue weighted by Crippen LogP contribution is -2.23. The topological polar surface area (TPSA) is 82.2 Å². The maximum atomic E-state index is 12.6. The van der Waals surface area contributed by atoms with Crippen molar-refractivity contribution in [3.8, 4) is 22.7 Å². The van der Waals surface area contributed by atoms with Crippen molar-refractivity contribution < 1.29 is 13.9 Å². The van der Waals surface area contributed by atoms with Gasteiger partial charge in [0.15, 0.2) is 5.69 Å². The van der Waals surface area contributed by atoms with E-state index in [2.05, 4.69) is 15.4 Å². The summed E-state index contributed by atoms with van der Waals surface area (Å²) in [5, 5.41) is 7.34. The van der Waals surface area contributed by atoms with Gasteiger partial charge in [-0.05, 0) is 54.6 Å². The number of carbonyl (C=O) groups excluding carboxylic acids is 1. The standard InChI is InChI=1S/C21H18N4O3/c1-27-17-8-6-16(7-9-17)25-20(15-4-2-10-22-13-15)12-19(24-25)21(26)23-14-18-5-3-11-28-18/h2-13H,14H2,1H3,(H,23,26). The van der Waals surface area contributed by atoms with E-state index in [1.54, 1.807) is 48.6 Å². The first-order valence-corrected chi connectivity index (χ1v) is 8.70. The van der Waals surface area contributed by atoms with Crippen molar-refractivity contribution >= 4 is 5.91 Å². The molecule has 3 heterocycles. The Labute approximate surface area is 161 Å². The average Bonchev–Trinajstić information content (AvgIpc) is 3.43. The van der Waals surface area contributed by atoms with Crippen molar-refractivity contribution in [2.75, 3.05) is 7.11 Å².